The van der Waals surface area contributed by atoms with Gasteiger partial charge < -0.3 is 18.9 Å². The monoisotopic (exact) mass is 530 g/mol. The van der Waals surface area contributed by atoms with Crippen LogP contribution in [-0.2, 0) is 14.3 Å². The summed E-state index contributed by atoms with van der Waals surface area (Å²) in [4.78, 5) is 25.7. The molecular formula is C29H26N2O6S. The van der Waals surface area contributed by atoms with Crippen molar-refractivity contribution < 1.29 is 23.7 Å². The van der Waals surface area contributed by atoms with Gasteiger partial charge in [-0.05, 0) is 63.2 Å². The van der Waals surface area contributed by atoms with Gasteiger partial charge in [-0.3, -0.25) is 14.2 Å². The molecule has 8 nitrogen and oxygen atoms in total. The zero-order chi connectivity index (χ0) is 27.3. The van der Waals surface area contributed by atoms with Gasteiger partial charge >= 0.3 is 11.2 Å². The molecule has 0 fully saturated rings. The first-order chi connectivity index (χ1) is 18.2. The van der Waals surface area contributed by atoms with Gasteiger partial charge in [0.05, 0.1) is 30.4 Å². The maximum absolute atomic E-state index is 13.4. The van der Waals surface area contributed by atoms with Crippen LogP contribution in [0.4, 0.5) is 0 Å². The molecule has 2 aromatic carbocycles. The molecule has 0 aliphatic carbocycles. The Morgan fingerprint density at radius 1 is 1.16 bits per heavy atom. The Balaban J connectivity index is 1.67. The first-order valence-corrected chi connectivity index (χ1v) is 12.4. The summed E-state index contributed by atoms with van der Waals surface area (Å²) >= 11 is 5.25. The smallest absolute Gasteiger partial charge is 0.358 e. The van der Waals surface area contributed by atoms with Gasteiger partial charge in [-0.25, -0.2) is 0 Å². The number of nitriles is 1. The fourth-order valence-electron chi connectivity index (χ4n) is 4.03. The average molecular weight is 531 g/mol. The number of nitrogens with zero attached hydrogens (tertiary/aromatic N) is 2. The molecule has 38 heavy (non-hydrogen) atoms. The molecule has 0 bridgehead atoms. The Labute approximate surface area is 225 Å². The highest BCUT2D eigenvalue weighted by Crippen LogP contribution is 2.37. The number of esters is 1. The second-order valence-electron chi connectivity index (χ2n) is 9.01. The van der Waals surface area contributed by atoms with Crippen molar-refractivity contribution in [2.75, 3.05) is 6.61 Å². The molecule has 2 heterocycles. The molecule has 0 saturated carbocycles. The van der Waals surface area contributed by atoms with Gasteiger partial charge in [0.25, 0.3) is 5.56 Å². The number of carbonyl (C=O) groups excluding carboxylic acids is 1. The Kier molecular flexibility index (Phi) is 7.93. The van der Waals surface area contributed by atoms with E-state index >= 15 is 0 Å². The minimum atomic E-state index is -0.912. The van der Waals surface area contributed by atoms with E-state index in [4.69, 9.17) is 31.2 Å². The molecule has 1 aliphatic rings. The van der Waals surface area contributed by atoms with Crippen LogP contribution in [0.15, 0.2) is 77.7 Å². The zero-order valence-electron chi connectivity index (χ0n) is 21.2. The van der Waals surface area contributed by atoms with Crippen LogP contribution in [0, 0.1) is 11.3 Å². The van der Waals surface area contributed by atoms with E-state index in [-0.39, 0.29) is 23.8 Å². The molecule has 0 saturated heterocycles. The highest BCUT2D eigenvalue weighted by atomic mass is 32.1. The van der Waals surface area contributed by atoms with Crippen molar-refractivity contribution in [3.05, 3.63) is 100.0 Å². The quantitative estimate of drug-likeness (QED) is 0.305. The fourth-order valence-corrected chi connectivity index (χ4v) is 4.24. The molecule has 0 amide bonds. The van der Waals surface area contributed by atoms with Crippen LogP contribution in [0.3, 0.4) is 0 Å². The number of ether oxygens (including phenoxy) is 4. The normalized spacial score (nSPS) is 14.1. The molecule has 0 spiro atoms. The first kappa shape index (κ1) is 26.6. The molecule has 1 aromatic heterocycles. The van der Waals surface area contributed by atoms with Gasteiger partial charge in [0.2, 0.25) is 0 Å². The minimum Gasteiger partial charge on any atom is -0.483 e. The second kappa shape index (κ2) is 11.3. The summed E-state index contributed by atoms with van der Waals surface area (Å²) in [5.74, 6) is 0.540. The summed E-state index contributed by atoms with van der Waals surface area (Å²) in [6.07, 6.45) is 2.34. The summed E-state index contributed by atoms with van der Waals surface area (Å²) in [6, 6.07) is 19.1. The highest BCUT2D eigenvalue weighted by Gasteiger charge is 2.29. The standard InChI is InChI=1S/C29H26N2O6S/c1-4-34-27(33)16-25(36-28(38)35-21-8-6-5-7-9-21)20-12-13-31(26(32)15-20)23-17-29(2,3)37-24-11-10-19(18-30)14-22(23)24/h5-15,17,25H,4,16H2,1-3H3. The molecule has 0 radical (unpaired) electrons. The summed E-state index contributed by atoms with van der Waals surface area (Å²) < 4.78 is 24.0. The van der Waals surface area contributed by atoms with E-state index in [0.717, 1.165) is 0 Å². The number of fused-ring (bicyclic) bond motifs is 1. The number of benzene rings is 2. The number of hydrogen-bond acceptors (Lipinski definition) is 8. The Morgan fingerprint density at radius 2 is 1.92 bits per heavy atom. The van der Waals surface area contributed by atoms with Gasteiger partial charge in [-0.1, -0.05) is 18.2 Å². The number of rotatable bonds is 7. The third-order valence-electron chi connectivity index (χ3n) is 5.66. The van der Waals surface area contributed by atoms with Crippen molar-refractivity contribution in [2.24, 2.45) is 0 Å². The highest BCUT2D eigenvalue weighted by molar-refractivity contribution is 7.79. The molecule has 1 atom stereocenters. The van der Waals surface area contributed by atoms with E-state index in [1.807, 2.05) is 26.0 Å². The van der Waals surface area contributed by atoms with Crippen molar-refractivity contribution in [2.45, 2.75) is 38.9 Å². The predicted molar refractivity (Wildman–Crippen MR) is 145 cm³/mol. The minimum absolute atomic E-state index is 0.173. The number of para-hydroxylation sites is 1. The van der Waals surface area contributed by atoms with Crippen molar-refractivity contribution in [1.29, 1.82) is 5.26 Å². The molecule has 0 N–H and O–H groups in total. The molecule has 3 aromatic rings. The lowest BCUT2D eigenvalue weighted by Gasteiger charge is -2.31. The summed E-state index contributed by atoms with van der Waals surface area (Å²) in [5, 5.41) is 9.18. The zero-order valence-corrected chi connectivity index (χ0v) is 22.0. The van der Waals surface area contributed by atoms with E-state index in [9.17, 15) is 14.9 Å². The SMILES string of the molecule is CCOC(=O)CC(OC(=S)Oc1ccccc1)c1ccn(C2=CC(C)(C)Oc3ccc(C#N)cc32)c(=O)c1. The maximum Gasteiger partial charge on any atom is 0.358 e. The van der Waals surface area contributed by atoms with Gasteiger partial charge in [0, 0.05) is 35.6 Å². The van der Waals surface area contributed by atoms with E-state index in [1.54, 1.807) is 61.7 Å². The fraction of sp³-hybridized carbons (Fsp3) is 0.241. The lowest BCUT2D eigenvalue weighted by molar-refractivity contribution is -0.145. The van der Waals surface area contributed by atoms with Gasteiger partial charge in [0.15, 0.2) is 0 Å². The summed E-state index contributed by atoms with van der Waals surface area (Å²) in [5.41, 5.74) is 1.01. The van der Waals surface area contributed by atoms with Gasteiger partial charge in [-0.2, -0.15) is 5.26 Å². The molecule has 194 valence electrons. The van der Waals surface area contributed by atoms with E-state index in [0.29, 0.717) is 33.9 Å². The second-order valence-corrected chi connectivity index (χ2v) is 9.34. The van der Waals surface area contributed by atoms with Crippen molar-refractivity contribution in [1.82, 2.24) is 4.57 Å². The molecule has 4 rings (SSSR count). The number of pyridine rings is 1. The number of carbonyl (C=O) groups is 1. The number of thiocarbonyl (C=S) groups is 1. The van der Waals surface area contributed by atoms with Crippen LogP contribution >= 0.6 is 12.2 Å². The lowest BCUT2D eigenvalue weighted by atomic mass is 9.97. The predicted octanol–water partition coefficient (Wildman–Crippen LogP) is 5.15. The van der Waals surface area contributed by atoms with Gasteiger partial charge in [-0.15, -0.1) is 0 Å². The Bertz CT molecular complexity index is 1490. The van der Waals surface area contributed by atoms with Crippen LogP contribution in [0.2, 0.25) is 0 Å². The lowest BCUT2D eigenvalue weighted by Crippen LogP contribution is -2.32. The maximum atomic E-state index is 13.4. The molecule has 1 unspecified atom stereocenters. The van der Waals surface area contributed by atoms with E-state index in [1.165, 1.54) is 10.6 Å². The van der Waals surface area contributed by atoms with E-state index in [2.05, 4.69) is 6.07 Å². The van der Waals surface area contributed by atoms with E-state index < -0.39 is 17.7 Å². The third kappa shape index (κ3) is 6.28. The van der Waals surface area contributed by atoms with Gasteiger partial charge in [0.1, 0.15) is 23.2 Å². The summed E-state index contributed by atoms with van der Waals surface area (Å²) in [7, 11) is 0. The van der Waals surface area contributed by atoms with Crippen molar-refractivity contribution in [3.63, 3.8) is 0 Å². The van der Waals surface area contributed by atoms with Crippen molar-refractivity contribution in [3.8, 4) is 17.6 Å². The third-order valence-corrected chi connectivity index (χ3v) is 5.84. The average Bonchev–Trinajstić information content (AvgIpc) is 2.88. The van der Waals surface area contributed by atoms with Crippen molar-refractivity contribution >= 4 is 29.1 Å². The first-order valence-electron chi connectivity index (χ1n) is 12.0. The largest absolute Gasteiger partial charge is 0.483 e. The van der Waals surface area contributed by atoms with Crippen LogP contribution in [0.5, 0.6) is 11.5 Å². The summed E-state index contributed by atoms with van der Waals surface area (Å²) in [6.45, 7) is 5.67. The molecule has 1 aliphatic heterocycles. The molecule has 9 heteroatoms. The number of hydrogen-bond donors (Lipinski definition) is 0. The van der Waals surface area contributed by atoms with Crippen LogP contribution in [-0.4, -0.2) is 28.0 Å². The number of aromatic nitrogens is 1. The van der Waals surface area contributed by atoms with Crippen LogP contribution < -0.4 is 15.0 Å². The Hall–Kier alpha value is -4.42. The Morgan fingerprint density at radius 3 is 2.61 bits per heavy atom. The molecular weight excluding hydrogens is 504 g/mol. The van der Waals surface area contributed by atoms with Crippen LogP contribution in [0.25, 0.3) is 5.70 Å². The van der Waals surface area contributed by atoms with Crippen LogP contribution in [0.1, 0.15) is 50.0 Å². The topological polar surface area (TPSA) is 99.8 Å².